The monoisotopic (exact) mass is 692 g/mol. The number of anilines is 2. The minimum absolute atomic E-state index is 0.00807. The molecule has 3 aromatic rings. The molecular formula is C35H39ClF2N8O3. The zero-order chi connectivity index (χ0) is 34.9. The Bertz CT molecular complexity index is 1760. The Morgan fingerprint density at radius 1 is 1.29 bits per heavy atom. The summed E-state index contributed by atoms with van der Waals surface area (Å²) >= 11 is 5.94. The van der Waals surface area contributed by atoms with Crippen LogP contribution < -0.4 is 15.0 Å². The van der Waals surface area contributed by atoms with Crippen LogP contribution >= 0.6 is 11.6 Å². The number of ether oxygens (including phenoxy) is 2. The van der Waals surface area contributed by atoms with Crippen LogP contribution in [-0.4, -0.2) is 83.4 Å². The van der Waals surface area contributed by atoms with Gasteiger partial charge in [0, 0.05) is 80.8 Å². The number of likely N-dealkylation sites (tertiary alicyclic amines) is 1. The molecule has 0 radical (unpaired) electrons. The summed E-state index contributed by atoms with van der Waals surface area (Å²) < 4.78 is 38.8. The number of nitrogens with one attached hydrogen (secondary N) is 2. The summed E-state index contributed by atoms with van der Waals surface area (Å²) in [7, 11) is 1.63. The molecule has 1 amide bonds. The van der Waals surface area contributed by atoms with Gasteiger partial charge in [-0.05, 0) is 36.5 Å². The number of hydrogen-bond donors (Lipinski definition) is 2. The lowest BCUT2D eigenvalue weighted by Gasteiger charge is -2.48. The molecule has 14 heteroatoms. The number of amides is 1. The molecule has 2 aliphatic heterocycles. The van der Waals surface area contributed by atoms with Crippen LogP contribution in [0.3, 0.4) is 0 Å². The minimum atomic E-state index is -2.59. The number of benzene rings is 1. The number of halogens is 3. The Labute approximate surface area is 289 Å². The van der Waals surface area contributed by atoms with E-state index in [0.717, 1.165) is 0 Å². The van der Waals surface area contributed by atoms with Crippen molar-refractivity contribution >= 4 is 35.2 Å². The second-order valence-electron chi connectivity index (χ2n) is 13.4. The van der Waals surface area contributed by atoms with Gasteiger partial charge in [-0.25, -0.2) is 23.7 Å². The Morgan fingerprint density at radius 3 is 2.69 bits per heavy atom. The first kappa shape index (κ1) is 34.6. The van der Waals surface area contributed by atoms with Gasteiger partial charge in [0.25, 0.3) is 11.8 Å². The number of hydrogen-bond acceptors (Lipinski definition) is 10. The number of nitriles is 1. The highest BCUT2D eigenvalue weighted by Crippen LogP contribution is 2.43. The van der Waals surface area contributed by atoms with Crippen molar-refractivity contribution in [1.29, 1.82) is 10.7 Å². The number of methoxy groups -OCH3 is 1. The lowest BCUT2D eigenvalue weighted by molar-refractivity contribution is -0.131. The first-order valence-electron chi connectivity index (χ1n) is 16.4. The van der Waals surface area contributed by atoms with Gasteiger partial charge >= 0.3 is 0 Å². The van der Waals surface area contributed by atoms with E-state index in [1.807, 2.05) is 6.07 Å². The number of nitrogens with zero attached hydrogens (tertiary/aromatic N) is 6. The van der Waals surface area contributed by atoms with Gasteiger partial charge in [-0.2, -0.15) is 5.26 Å². The second-order valence-corrected chi connectivity index (χ2v) is 13.8. The minimum Gasteiger partial charge on any atom is -0.482 e. The van der Waals surface area contributed by atoms with Crippen LogP contribution in [0.2, 0.25) is 5.02 Å². The van der Waals surface area contributed by atoms with Crippen molar-refractivity contribution < 1.29 is 23.0 Å². The molecule has 3 aliphatic rings. The molecule has 2 aromatic heterocycles. The van der Waals surface area contributed by atoms with Crippen molar-refractivity contribution in [2.45, 2.75) is 64.1 Å². The Kier molecular flexibility index (Phi) is 10.1. The number of carbonyl (C=O) groups is 1. The van der Waals surface area contributed by atoms with Gasteiger partial charge in [-0.15, -0.1) is 0 Å². The zero-order valence-electron chi connectivity index (χ0n) is 27.7. The third kappa shape index (κ3) is 7.37. The van der Waals surface area contributed by atoms with Gasteiger partial charge in [-0.1, -0.05) is 31.5 Å². The van der Waals surface area contributed by atoms with E-state index in [1.54, 1.807) is 24.1 Å². The van der Waals surface area contributed by atoms with Crippen LogP contribution in [0.5, 0.6) is 5.75 Å². The SMILES string of the molecule is COCC1CN(C2CC(F)(F)C2)CCC1Nc1nc(CC(C)C)c(C#N)c(-c2ccc3c(c2)OCC(=O)N3Cc2ncc(Cl)cn2)c1C=N. The molecule has 4 heterocycles. The fraction of sp³-hybridized carbons (Fsp3) is 0.486. The predicted molar refractivity (Wildman–Crippen MR) is 181 cm³/mol. The smallest absolute Gasteiger partial charge is 0.265 e. The van der Waals surface area contributed by atoms with Crippen molar-refractivity contribution in [1.82, 2.24) is 19.9 Å². The highest BCUT2D eigenvalue weighted by molar-refractivity contribution is 6.30. The quantitative estimate of drug-likeness (QED) is 0.241. The van der Waals surface area contributed by atoms with E-state index in [9.17, 15) is 18.8 Å². The van der Waals surface area contributed by atoms with Gasteiger partial charge in [0.05, 0.1) is 35.1 Å². The molecule has 0 spiro atoms. The first-order valence-corrected chi connectivity index (χ1v) is 16.8. The molecule has 1 saturated carbocycles. The summed E-state index contributed by atoms with van der Waals surface area (Å²) in [5, 5.41) is 23.0. The summed E-state index contributed by atoms with van der Waals surface area (Å²) in [6.07, 6.45) is 5.12. The van der Waals surface area contributed by atoms with Gasteiger partial charge < -0.3 is 20.2 Å². The summed E-state index contributed by atoms with van der Waals surface area (Å²) in [5.74, 6) is -1.33. The van der Waals surface area contributed by atoms with Crippen LogP contribution in [0, 0.1) is 28.6 Å². The van der Waals surface area contributed by atoms with E-state index in [1.165, 1.54) is 18.6 Å². The Hall–Kier alpha value is -4.25. The average molecular weight is 693 g/mol. The van der Waals surface area contributed by atoms with Gasteiger partial charge in [0.15, 0.2) is 6.61 Å². The summed E-state index contributed by atoms with van der Waals surface area (Å²) in [6.45, 7) is 5.72. The molecule has 6 rings (SSSR count). The predicted octanol–water partition coefficient (Wildman–Crippen LogP) is 5.73. The van der Waals surface area contributed by atoms with Gasteiger partial charge in [0.2, 0.25) is 0 Å². The average Bonchev–Trinajstić information content (AvgIpc) is 3.06. The number of piperidine rings is 1. The molecule has 49 heavy (non-hydrogen) atoms. The van der Waals surface area contributed by atoms with Gasteiger partial charge in [-0.3, -0.25) is 14.6 Å². The van der Waals surface area contributed by atoms with Crippen molar-refractivity contribution in [3.63, 3.8) is 0 Å². The Balaban J connectivity index is 1.36. The molecular weight excluding hydrogens is 654 g/mol. The summed E-state index contributed by atoms with van der Waals surface area (Å²) in [6, 6.07) is 7.47. The normalized spacial score (nSPS) is 20.7. The molecule has 2 fully saturated rings. The lowest BCUT2D eigenvalue weighted by atomic mass is 9.83. The van der Waals surface area contributed by atoms with E-state index in [0.29, 0.717) is 88.6 Å². The van der Waals surface area contributed by atoms with Gasteiger partial charge in [0.1, 0.15) is 23.5 Å². The van der Waals surface area contributed by atoms with E-state index in [2.05, 4.69) is 40.1 Å². The van der Waals surface area contributed by atoms with E-state index < -0.39 is 5.92 Å². The summed E-state index contributed by atoms with van der Waals surface area (Å²) in [5.41, 5.74) is 3.12. The number of pyridine rings is 1. The highest BCUT2D eigenvalue weighted by Gasteiger charge is 2.49. The maximum atomic E-state index is 13.7. The van der Waals surface area contributed by atoms with Crippen LogP contribution in [0.25, 0.3) is 11.1 Å². The third-order valence-corrected chi connectivity index (χ3v) is 9.58. The number of carbonyl (C=O) groups excluding carboxylic acids is 1. The molecule has 1 aliphatic carbocycles. The van der Waals surface area contributed by atoms with Crippen molar-refractivity contribution in [3.8, 4) is 22.9 Å². The van der Waals surface area contributed by atoms with Crippen LogP contribution in [0.4, 0.5) is 20.3 Å². The molecule has 258 valence electrons. The first-order chi connectivity index (χ1) is 23.5. The molecule has 1 saturated heterocycles. The standard InChI is InChI=1S/C35H39ClF2N8O3/c1-20(2)8-28-25(12-39)33(21-4-5-29-30(9-21)49-19-32(47)46(29)17-31-41-14-23(36)15-42-31)26(13-40)34(44-28)43-27-6-7-45(16-22(27)18-48-3)24-10-35(37,38)11-24/h4-5,9,13-15,20,22,24,27,40H,6-8,10-11,16-19H2,1-3H3,(H,43,44). The third-order valence-electron chi connectivity index (χ3n) is 9.39. The van der Waals surface area contributed by atoms with Crippen LogP contribution in [0.1, 0.15) is 55.8 Å². The zero-order valence-corrected chi connectivity index (χ0v) is 28.4. The second kappa shape index (κ2) is 14.3. The summed E-state index contributed by atoms with van der Waals surface area (Å²) in [4.78, 5) is 30.0. The fourth-order valence-corrected chi connectivity index (χ4v) is 7.08. The Morgan fingerprint density at radius 2 is 2.04 bits per heavy atom. The topological polar surface area (TPSA) is 140 Å². The van der Waals surface area contributed by atoms with E-state index >= 15 is 0 Å². The maximum absolute atomic E-state index is 13.7. The molecule has 11 nitrogen and oxygen atoms in total. The maximum Gasteiger partial charge on any atom is 0.265 e. The largest absolute Gasteiger partial charge is 0.482 e. The van der Waals surface area contributed by atoms with E-state index in [-0.39, 0.29) is 55.8 Å². The number of alkyl halides is 2. The van der Waals surface area contributed by atoms with Crippen molar-refractivity contribution in [2.24, 2.45) is 11.8 Å². The van der Waals surface area contributed by atoms with Crippen molar-refractivity contribution in [2.75, 3.05) is 43.6 Å². The molecule has 1 aromatic carbocycles. The molecule has 2 unspecified atom stereocenters. The number of aromatic nitrogens is 3. The molecule has 2 atom stereocenters. The molecule has 2 N–H and O–H groups in total. The van der Waals surface area contributed by atoms with Crippen LogP contribution in [0.15, 0.2) is 30.6 Å². The highest BCUT2D eigenvalue weighted by atomic mass is 35.5. The lowest BCUT2D eigenvalue weighted by Crippen LogP contribution is -2.57. The number of fused-ring (bicyclic) bond motifs is 1. The number of rotatable bonds is 11. The van der Waals surface area contributed by atoms with Crippen LogP contribution in [-0.2, 0) is 22.5 Å². The van der Waals surface area contributed by atoms with E-state index in [4.69, 9.17) is 31.5 Å². The molecule has 0 bridgehead atoms. The van der Waals surface area contributed by atoms with Crippen molar-refractivity contribution in [3.05, 3.63) is 58.3 Å². The fourth-order valence-electron chi connectivity index (χ4n) is 6.98.